The normalized spacial score (nSPS) is 18.0. The van der Waals surface area contributed by atoms with Crippen LogP contribution >= 0.6 is 56.7 Å². The Hall–Kier alpha value is 0.480. The quantitative estimate of drug-likeness (QED) is 0.621. The molecule has 2 rings (SSSR count). The molecule has 0 saturated carbocycles. The van der Waals surface area contributed by atoms with Crippen LogP contribution in [0.2, 0.25) is 0 Å². The number of piperazine rings is 1. The lowest BCUT2D eigenvalue weighted by atomic mass is 9.89. The van der Waals surface area contributed by atoms with E-state index >= 15 is 0 Å². The van der Waals surface area contributed by atoms with Gasteiger partial charge in [0.05, 0.1) is 5.69 Å². The van der Waals surface area contributed by atoms with Crippen molar-refractivity contribution >= 4 is 62.4 Å². The molecule has 1 heterocycles. The molecule has 1 saturated heterocycles. The molecular weight excluding hydrogens is 453 g/mol. The van der Waals surface area contributed by atoms with Gasteiger partial charge in [-0.25, -0.2) is 0 Å². The molecule has 2 atom stereocenters. The molecule has 3 N–H and O–H groups in total. The van der Waals surface area contributed by atoms with Crippen molar-refractivity contribution in [1.29, 1.82) is 0 Å². The molecule has 1 aliphatic rings. The highest BCUT2D eigenvalue weighted by Gasteiger charge is 2.28. The van der Waals surface area contributed by atoms with Gasteiger partial charge in [0.1, 0.15) is 0 Å². The maximum Gasteiger partial charge on any atom is 0.0507 e. The molecule has 3 nitrogen and oxygen atoms in total. The summed E-state index contributed by atoms with van der Waals surface area (Å²) in [5.41, 5.74) is 8.45. The third-order valence-corrected chi connectivity index (χ3v) is 5.29. The predicted octanol–water partition coefficient (Wildman–Crippen LogP) is 4.63. The third kappa shape index (κ3) is 5.25. The second kappa shape index (κ2) is 10.4. The summed E-state index contributed by atoms with van der Waals surface area (Å²) in [6, 6.07) is 4.58. The molecule has 22 heavy (non-hydrogen) atoms. The SMILES string of the molecule is CCC(C)[C@@H](c1cc(Br)cc(Br)c1N)N1CCNCC1.Cl.Cl. The van der Waals surface area contributed by atoms with E-state index in [0.717, 1.165) is 47.2 Å². The first-order valence-electron chi connectivity index (χ1n) is 7.23. The van der Waals surface area contributed by atoms with Crippen molar-refractivity contribution in [3.63, 3.8) is 0 Å². The van der Waals surface area contributed by atoms with Crippen molar-refractivity contribution in [1.82, 2.24) is 10.2 Å². The van der Waals surface area contributed by atoms with E-state index in [9.17, 15) is 0 Å². The summed E-state index contributed by atoms with van der Waals surface area (Å²) >= 11 is 7.17. The summed E-state index contributed by atoms with van der Waals surface area (Å²) in [5, 5.41) is 3.42. The minimum absolute atomic E-state index is 0. The van der Waals surface area contributed by atoms with E-state index in [4.69, 9.17) is 5.73 Å². The van der Waals surface area contributed by atoms with Gasteiger partial charge in [-0.05, 0) is 39.5 Å². The van der Waals surface area contributed by atoms with Crippen molar-refractivity contribution in [3.8, 4) is 0 Å². The Morgan fingerprint density at radius 1 is 1.23 bits per heavy atom. The lowest BCUT2D eigenvalue weighted by Crippen LogP contribution is -2.46. The maximum absolute atomic E-state index is 6.34. The Labute approximate surface area is 162 Å². The number of nitrogens with one attached hydrogen (secondary N) is 1. The van der Waals surface area contributed by atoms with Gasteiger partial charge in [-0.15, -0.1) is 24.8 Å². The maximum atomic E-state index is 6.34. The summed E-state index contributed by atoms with van der Waals surface area (Å²) < 4.78 is 2.06. The first kappa shape index (κ1) is 22.5. The minimum atomic E-state index is 0. The van der Waals surface area contributed by atoms with Crippen LogP contribution in [-0.4, -0.2) is 31.1 Å². The molecule has 1 aromatic carbocycles. The van der Waals surface area contributed by atoms with Crippen LogP contribution in [0.4, 0.5) is 5.69 Å². The fourth-order valence-corrected chi connectivity index (χ4v) is 4.15. The van der Waals surface area contributed by atoms with Crippen LogP contribution in [0.5, 0.6) is 0 Å². The Kier molecular flexibility index (Phi) is 10.6. The lowest BCUT2D eigenvalue weighted by Gasteiger charge is -2.39. The van der Waals surface area contributed by atoms with Gasteiger partial charge in [-0.1, -0.05) is 36.2 Å². The summed E-state index contributed by atoms with van der Waals surface area (Å²) in [5.74, 6) is 0.580. The van der Waals surface area contributed by atoms with Gasteiger partial charge in [0.15, 0.2) is 0 Å². The van der Waals surface area contributed by atoms with Crippen molar-refractivity contribution in [2.24, 2.45) is 5.92 Å². The first-order chi connectivity index (χ1) is 9.54. The zero-order chi connectivity index (χ0) is 14.7. The van der Waals surface area contributed by atoms with E-state index < -0.39 is 0 Å². The van der Waals surface area contributed by atoms with Crippen LogP contribution < -0.4 is 11.1 Å². The molecule has 0 spiro atoms. The molecule has 0 radical (unpaired) electrons. The highest BCUT2D eigenvalue weighted by Crippen LogP contribution is 2.39. The summed E-state index contributed by atoms with van der Waals surface area (Å²) in [6.07, 6.45) is 1.15. The van der Waals surface area contributed by atoms with Crippen molar-refractivity contribution in [2.75, 3.05) is 31.9 Å². The molecule has 7 heteroatoms. The molecule has 1 aromatic rings. The monoisotopic (exact) mass is 475 g/mol. The van der Waals surface area contributed by atoms with Gasteiger partial charge in [-0.3, -0.25) is 4.90 Å². The first-order valence-corrected chi connectivity index (χ1v) is 8.82. The van der Waals surface area contributed by atoms with E-state index in [2.05, 4.69) is 62.0 Å². The number of hydrogen-bond donors (Lipinski definition) is 2. The minimum Gasteiger partial charge on any atom is -0.398 e. The van der Waals surface area contributed by atoms with Crippen LogP contribution in [0.3, 0.4) is 0 Å². The van der Waals surface area contributed by atoms with Gasteiger partial charge in [0.25, 0.3) is 0 Å². The number of anilines is 1. The summed E-state index contributed by atoms with van der Waals surface area (Å²) in [7, 11) is 0. The van der Waals surface area contributed by atoms with Gasteiger partial charge in [0, 0.05) is 41.2 Å². The average molecular weight is 478 g/mol. The van der Waals surface area contributed by atoms with Gasteiger partial charge in [-0.2, -0.15) is 0 Å². The van der Waals surface area contributed by atoms with Crippen molar-refractivity contribution in [3.05, 3.63) is 26.6 Å². The van der Waals surface area contributed by atoms with Gasteiger partial charge >= 0.3 is 0 Å². The number of nitrogens with zero attached hydrogens (tertiary/aromatic N) is 1. The largest absolute Gasteiger partial charge is 0.398 e. The van der Waals surface area contributed by atoms with Crippen molar-refractivity contribution < 1.29 is 0 Å². The zero-order valence-electron chi connectivity index (χ0n) is 12.9. The smallest absolute Gasteiger partial charge is 0.0507 e. The number of hydrogen-bond acceptors (Lipinski definition) is 3. The van der Waals surface area contributed by atoms with E-state index in [1.807, 2.05) is 6.07 Å². The van der Waals surface area contributed by atoms with E-state index in [1.54, 1.807) is 0 Å². The summed E-state index contributed by atoms with van der Waals surface area (Å²) in [4.78, 5) is 2.56. The fraction of sp³-hybridized carbons (Fsp3) is 0.600. The number of nitrogen functional groups attached to an aromatic ring is 1. The summed E-state index contributed by atoms with van der Waals surface area (Å²) in [6.45, 7) is 8.85. The Bertz CT molecular complexity index is 468. The Balaban J connectivity index is 0.00000220. The van der Waals surface area contributed by atoms with Gasteiger partial charge < -0.3 is 11.1 Å². The molecule has 128 valence electrons. The van der Waals surface area contributed by atoms with Crippen LogP contribution in [0, 0.1) is 5.92 Å². The highest BCUT2D eigenvalue weighted by molar-refractivity contribution is 9.11. The topological polar surface area (TPSA) is 41.3 Å². The zero-order valence-corrected chi connectivity index (χ0v) is 17.7. The molecule has 0 bridgehead atoms. The Morgan fingerprint density at radius 2 is 1.82 bits per heavy atom. The van der Waals surface area contributed by atoms with E-state index in [1.165, 1.54) is 5.56 Å². The number of rotatable bonds is 4. The third-order valence-electron chi connectivity index (χ3n) is 4.17. The Morgan fingerprint density at radius 3 is 2.36 bits per heavy atom. The second-order valence-electron chi connectivity index (χ2n) is 5.51. The predicted molar refractivity (Wildman–Crippen MR) is 107 cm³/mol. The van der Waals surface area contributed by atoms with Crippen LogP contribution in [0.1, 0.15) is 31.9 Å². The molecule has 1 unspecified atom stereocenters. The van der Waals surface area contributed by atoms with Crippen molar-refractivity contribution in [2.45, 2.75) is 26.3 Å². The standard InChI is InChI=1S/C15H23Br2N3.2ClH/c1-3-10(2)15(20-6-4-19-5-7-20)12-8-11(16)9-13(17)14(12)18;;/h8-10,15,19H,3-7,18H2,1-2H3;2*1H/t10?,15-;;/m0../s1. The van der Waals surface area contributed by atoms with Crippen LogP contribution in [0.15, 0.2) is 21.1 Å². The molecule has 0 amide bonds. The lowest BCUT2D eigenvalue weighted by molar-refractivity contribution is 0.129. The fourth-order valence-electron chi connectivity index (χ4n) is 2.90. The number of benzene rings is 1. The second-order valence-corrected chi connectivity index (χ2v) is 7.28. The molecule has 0 aromatic heterocycles. The van der Waals surface area contributed by atoms with Crippen LogP contribution in [0.25, 0.3) is 0 Å². The molecule has 0 aliphatic carbocycles. The van der Waals surface area contributed by atoms with Gasteiger partial charge in [0.2, 0.25) is 0 Å². The average Bonchev–Trinajstić information content (AvgIpc) is 2.45. The molecule has 1 aliphatic heterocycles. The van der Waals surface area contributed by atoms with E-state index in [0.29, 0.717) is 12.0 Å². The van der Waals surface area contributed by atoms with Crippen LogP contribution in [-0.2, 0) is 0 Å². The highest BCUT2D eigenvalue weighted by atomic mass is 79.9. The number of halogens is 4. The molecule has 1 fully saturated rings. The molecular formula is C15H25Br2Cl2N3. The number of nitrogens with two attached hydrogens (primary N) is 1. The van der Waals surface area contributed by atoms with E-state index in [-0.39, 0.29) is 24.8 Å².